The Bertz CT molecular complexity index is 831. The summed E-state index contributed by atoms with van der Waals surface area (Å²) in [6, 6.07) is 6.44. The minimum Gasteiger partial charge on any atom is -0.497 e. The van der Waals surface area contributed by atoms with Crippen LogP contribution in [0.1, 0.15) is 45.2 Å². The molecule has 3 heterocycles. The first-order valence-corrected chi connectivity index (χ1v) is 10.6. The Kier molecular flexibility index (Phi) is 5.58. The van der Waals surface area contributed by atoms with Crippen LogP contribution in [0.25, 0.3) is 10.9 Å². The van der Waals surface area contributed by atoms with Crippen molar-refractivity contribution in [2.75, 3.05) is 26.7 Å². The molecule has 0 spiro atoms. The zero-order chi connectivity index (χ0) is 19.7. The van der Waals surface area contributed by atoms with E-state index in [0.29, 0.717) is 30.2 Å². The van der Waals surface area contributed by atoms with Gasteiger partial charge in [-0.1, -0.05) is 13.8 Å². The number of likely N-dealkylation sites (tertiary alicyclic amines) is 2. The predicted molar refractivity (Wildman–Crippen MR) is 110 cm³/mol. The van der Waals surface area contributed by atoms with Gasteiger partial charge in [-0.15, -0.1) is 0 Å². The summed E-state index contributed by atoms with van der Waals surface area (Å²) < 4.78 is 5.38. The highest BCUT2D eigenvalue weighted by molar-refractivity contribution is 5.82. The molecule has 1 aromatic carbocycles. The Balaban J connectivity index is 1.44. The Labute approximate surface area is 167 Å². The number of hydrogen-bond acceptors (Lipinski definition) is 4. The first-order chi connectivity index (χ1) is 13.5. The third-order valence-corrected chi connectivity index (χ3v) is 6.40. The van der Waals surface area contributed by atoms with Crippen molar-refractivity contribution < 1.29 is 9.53 Å². The topological polar surface area (TPSA) is 61.5 Å². The van der Waals surface area contributed by atoms with E-state index >= 15 is 0 Å². The van der Waals surface area contributed by atoms with Gasteiger partial charge in [0.1, 0.15) is 5.75 Å². The van der Waals surface area contributed by atoms with E-state index in [1.807, 2.05) is 12.1 Å². The average Bonchev–Trinajstić information content (AvgIpc) is 3.09. The van der Waals surface area contributed by atoms with Gasteiger partial charge in [0.05, 0.1) is 18.3 Å². The number of piperidine rings is 2. The maximum atomic E-state index is 12.5. The lowest BCUT2D eigenvalue weighted by Gasteiger charge is -2.47. The number of hydrogen-bond donors (Lipinski definition) is 1. The molecule has 0 aliphatic carbocycles. The maximum absolute atomic E-state index is 12.5. The first kappa shape index (κ1) is 19.2. The number of fused-ring (bicyclic) bond motifs is 2. The maximum Gasteiger partial charge on any atom is 0.222 e. The molecule has 0 radical (unpaired) electrons. The molecule has 6 heteroatoms. The van der Waals surface area contributed by atoms with Gasteiger partial charge in [0.2, 0.25) is 5.91 Å². The number of nitrogens with zero attached hydrogens (tertiary/aromatic N) is 3. The zero-order valence-electron chi connectivity index (χ0n) is 17.3. The number of aromatic amines is 1. The smallest absolute Gasteiger partial charge is 0.222 e. The van der Waals surface area contributed by atoms with Crippen molar-refractivity contribution in [3.63, 3.8) is 0 Å². The summed E-state index contributed by atoms with van der Waals surface area (Å²) in [5, 5.41) is 8.80. The lowest BCUT2D eigenvalue weighted by molar-refractivity contribution is -0.141. The molecular weight excluding hydrogens is 352 g/mol. The third kappa shape index (κ3) is 3.88. The summed E-state index contributed by atoms with van der Waals surface area (Å²) in [6.07, 6.45) is 3.90. The molecular formula is C22H32N4O2. The second-order valence-electron chi connectivity index (χ2n) is 8.74. The molecule has 2 saturated heterocycles. The molecule has 2 aromatic rings. The lowest BCUT2D eigenvalue weighted by Crippen LogP contribution is -2.56. The standard InChI is InChI=1S/C22H32N4O2/c1-15(2)8-11-26-21-9-10-25(13-16(21)4-7-22(26)27)14-20-18-12-17(28-3)5-6-19(18)23-24-20/h5-6,12,15-16,21H,4,7-11,13-14H2,1-3H3,(H,23,24)/t16-,21+/m0/s1. The second-order valence-corrected chi connectivity index (χ2v) is 8.74. The molecule has 0 unspecified atom stereocenters. The van der Waals surface area contributed by atoms with Gasteiger partial charge in [0.15, 0.2) is 0 Å². The van der Waals surface area contributed by atoms with E-state index in [4.69, 9.17) is 4.74 Å². The number of amides is 1. The monoisotopic (exact) mass is 384 g/mol. The molecule has 2 fully saturated rings. The van der Waals surface area contributed by atoms with Crippen molar-refractivity contribution in [3.05, 3.63) is 23.9 Å². The number of ether oxygens (including phenoxy) is 1. The lowest BCUT2D eigenvalue weighted by atomic mass is 9.83. The molecule has 0 saturated carbocycles. The van der Waals surface area contributed by atoms with Crippen molar-refractivity contribution in [1.82, 2.24) is 20.0 Å². The van der Waals surface area contributed by atoms with Crippen LogP contribution in [0.4, 0.5) is 0 Å². The number of H-pyrrole nitrogens is 1. The van der Waals surface area contributed by atoms with Gasteiger partial charge in [0.25, 0.3) is 0 Å². The third-order valence-electron chi connectivity index (χ3n) is 6.40. The average molecular weight is 385 g/mol. The van der Waals surface area contributed by atoms with E-state index in [2.05, 4.69) is 39.9 Å². The van der Waals surface area contributed by atoms with Gasteiger partial charge >= 0.3 is 0 Å². The van der Waals surface area contributed by atoms with Crippen LogP contribution in [-0.2, 0) is 11.3 Å². The van der Waals surface area contributed by atoms with Crippen molar-refractivity contribution in [2.24, 2.45) is 11.8 Å². The zero-order valence-corrected chi connectivity index (χ0v) is 17.3. The fourth-order valence-corrected chi connectivity index (χ4v) is 4.77. The SMILES string of the molecule is COc1ccc2n[nH]c(CN3CC[C@@H]4[C@@H](CCC(=O)N4CCC(C)C)C3)c2c1. The Morgan fingerprint density at radius 3 is 2.96 bits per heavy atom. The molecule has 0 bridgehead atoms. The molecule has 6 nitrogen and oxygen atoms in total. The van der Waals surface area contributed by atoms with Crippen molar-refractivity contribution in [3.8, 4) is 5.75 Å². The van der Waals surface area contributed by atoms with Gasteiger partial charge < -0.3 is 9.64 Å². The summed E-state index contributed by atoms with van der Waals surface area (Å²) in [6.45, 7) is 8.34. The van der Waals surface area contributed by atoms with Crippen molar-refractivity contribution >= 4 is 16.8 Å². The molecule has 4 rings (SSSR count). The van der Waals surface area contributed by atoms with Gasteiger partial charge in [-0.3, -0.25) is 14.8 Å². The van der Waals surface area contributed by atoms with Gasteiger partial charge in [-0.2, -0.15) is 5.10 Å². The van der Waals surface area contributed by atoms with Crippen LogP contribution in [0.3, 0.4) is 0 Å². The predicted octanol–water partition coefficient (Wildman–Crippen LogP) is 3.43. The quantitative estimate of drug-likeness (QED) is 0.829. The minimum absolute atomic E-state index is 0.363. The highest BCUT2D eigenvalue weighted by atomic mass is 16.5. The highest BCUT2D eigenvalue weighted by Crippen LogP contribution is 2.33. The fourth-order valence-electron chi connectivity index (χ4n) is 4.77. The van der Waals surface area contributed by atoms with Gasteiger partial charge in [0, 0.05) is 44.0 Å². The Morgan fingerprint density at radius 2 is 2.18 bits per heavy atom. The van der Waals surface area contributed by atoms with E-state index in [9.17, 15) is 4.79 Å². The summed E-state index contributed by atoms with van der Waals surface area (Å²) in [5.41, 5.74) is 2.13. The molecule has 2 atom stereocenters. The number of aromatic nitrogens is 2. The van der Waals surface area contributed by atoms with Crippen LogP contribution in [0, 0.1) is 11.8 Å². The normalized spacial score (nSPS) is 23.4. The molecule has 1 amide bonds. The van der Waals surface area contributed by atoms with E-state index < -0.39 is 0 Å². The van der Waals surface area contributed by atoms with Crippen molar-refractivity contribution in [2.45, 2.75) is 52.1 Å². The molecule has 1 N–H and O–H groups in total. The van der Waals surface area contributed by atoms with E-state index in [-0.39, 0.29) is 0 Å². The second kappa shape index (κ2) is 8.11. The molecule has 2 aliphatic heterocycles. The molecule has 2 aliphatic rings. The van der Waals surface area contributed by atoms with E-state index in [1.54, 1.807) is 7.11 Å². The van der Waals surface area contributed by atoms with Crippen molar-refractivity contribution in [1.29, 1.82) is 0 Å². The Hall–Kier alpha value is -2.08. The van der Waals surface area contributed by atoms with Crippen LogP contribution in [0.5, 0.6) is 5.75 Å². The molecule has 1 aromatic heterocycles. The van der Waals surface area contributed by atoms with Crippen LogP contribution in [0.15, 0.2) is 18.2 Å². The summed E-state index contributed by atoms with van der Waals surface area (Å²) >= 11 is 0. The summed E-state index contributed by atoms with van der Waals surface area (Å²) in [5.74, 6) is 2.45. The summed E-state index contributed by atoms with van der Waals surface area (Å²) in [4.78, 5) is 17.2. The number of nitrogens with one attached hydrogen (secondary N) is 1. The minimum atomic E-state index is 0.363. The highest BCUT2D eigenvalue weighted by Gasteiger charge is 2.39. The molecule has 152 valence electrons. The van der Waals surface area contributed by atoms with Gasteiger partial charge in [-0.25, -0.2) is 0 Å². The van der Waals surface area contributed by atoms with E-state index in [0.717, 1.165) is 67.8 Å². The van der Waals surface area contributed by atoms with Gasteiger partial charge in [-0.05, 0) is 49.3 Å². The number of methoxy groups -OCH3 is 1. The molecule has 28 heavy (non-hydrogen) atoms. The van der Waals surface area contributed by atoms with Crippen LogP contribution in [-0.4, -0.2) is 58.7 Å². The van der Waals surface area contributed by atoms with Crippen LogP contribution >= 0.6 is 0 Å². The van der Waals surface area contributed by atoms with E-state index in [1.165, 1.54) is 0 Å². The largest absolute Gasteiger partial charge is 0.497 e. The van der Waals surface area contributed by atoms with Crippen LogP contribution in [0.2, 0.25) is 0 Å². The first-order valence-electron chi connectivity index (χ1n) is 10.6. The number of carbonyl (C=O) groups is 1. The number of benzene rings is 1. The summed E-state index contributed by atoms with van der Waals surface area (Å²) in [7, 11) is 1.70. The van der Waals surface area contributed by atoms with Crippen LogP contribution < -0.4 is 4.74 Å². The fraction of sp³-hybridized carbons (Fsp3) is 0.636. The number of carbonyl (C=O) groups excluding carboxylic acids is 1. The number of rotatable bonds is 6. The Morgan fingerprint density at radius 1 is 1.32 bits per heavy atom.